The van der Waals surface area contributed by atoms with Gasteiger partial charge in [0, 0.05) is 53.5 Å². The van der Waals surface area contributed by atoms with Crippen molar-refractivity contribution in [1.29, 1.82) is 0 Å². The largest absolute Gasteiger partial charge is 0.380 e. The molecule has 2 bridgehead atoms. The van der Waals surface area contributed by atoms with Gasteiger partial charge in [-0.05, 0) is 67.9 Å². The van der Waals surface area contributed by atoms with Gasteiger partial charge in [-0.25, -0.2) is 0 Å². The van der Waals surface area contributed by atoms with Crippen LogP contribution in [0.5, 0.6) is 0 Å². The summed E-state index contributed by atoms with van der Waals surface area (Å²) in [7, 11) is 0. The predicted octanol–water partition coefficient (Wildman–Crippen LogP) is 5.34. The number of hydrogen-bond acceptors (Lipinski definition) is 3. The number of anilines is 1. The van der Waals surface area contributed by atoms with Crippen molar-refractivity contribution in [2.45, 2.75) is 56.3 Å². The standard InChI is InChI=1S/C29H34N4/c1-3-12-32-17-23(18-32)30-22-10-8-21(9-11-22)28-27-25(24-6-4-5-7-26(24)31-27)13-19(2)33(28)29-14-20(15-29)16-29/h3-11,19-20,23,28,30-31H,1,12-18H2,2H3/t19-,20?,28-,29?/m1/s1. The molecule has 5 aliphatic rings. The zero-order valence-electron chi connectivity index (χ0n) is 19.6. The summed E-state index contributed by atoms with van der Waals surface area (Å²) in [5, 5.41) is 5.13. The van der Waals surface area contributed by atoms with Crippen LogP contribution in [0.3, 0.4) is 0 Å². The monoisotopic (exact) mass is 438 g/mol. The van der Waals surface area contributed by atoms with Gasteiger partial charge in [0.1, 0.15) is 0 Å². The van der Waals surface area contributed by atoms with Crippen molar-refractivity contribution in [2.24, 2.45) is 5.92 Å². The van der Waals surface area contributed by atoms with Crippen LogP contribution in [-0.4, -0.2) is 52.0 Å². The lowest BCUT2D eigenvalue weighted by atomic mass is 9.48. The van der Waals surface area contributed by atoms with E-state index >= 15 is 0 Å². The molecule has 4 heteroatoms. The topological polar surface area (TPSA) is 34.3 Å². The zero-order valence-corrected chi connectivity index (χ0v) is 19.6. The average Bonchev–Trinajstić information content (AvgIpc) is 3.09. The Morgan fingerprint density at radius 2 is 1.85 bits per heavy atom. The van der Waals surface area contributed by atoms with E-state index in [1.54, 1.807) is 0 Å². The van der Waals surface area contributed by atoms with Crippen LogP contribution in [0, 0.1) is 5.92 Å². The summed E-state index contributed by atoms with van der Waals surface area (Å²) in [6.45, 7) is 9.50. The van der Waals surface area contributed by atoms with E-state index < -0.39 is 0 Å². The van der Waals surface area contributed by atoms with Crippen LogP contribution in [0.1, 0.15) is 49.0 Å². The molecular weight excluding hydrogens is 404 g/mol. The van der Waals surface area contributed by atoms with Gasteiger partial charge in [0.05, 0.1) is 12.1 Å². The summed E-state index contributed by atoms with van der Waals surface area (Å²) < 4.78 is 0. The Bertz CT molecular complexity index is 1190. The Morgan fingerprint density at radius 3 is 2.55 bits per heavy atom. The number of nitrogens with zero attached hydrogens (tertiary/aromatic N) is 2. The van der Waals surface area contributed by atoms with Crippen LogP contribution < -0.4 is 5.32 Å². The molecule has 0 spiro atoms. The first-order valence-electron chi connectivity index (χ1n) is 12.7. The summed E-state index contributed by atoms with van der Waals surface area (Å²) in [5.74, 6) is 0.983. The maximum atomic E-state index is 3.86. The second-order valence-corrected chi connectivity index (χ2v) is 11.1. The molecule has 4 nitrogen and oxygen atoms in total. The van der Waals surface area contributed by atoms with Crippen molar-refractivity contribution in [3.05, 3.63) is 78.0 Å². The first kappa shape index (κ1) is 19.9. The molecule has 2 aromatic carbocycles. The third kappa shape index (κ3) is 2.97. The third-order valence-corrected chi connectivity index (χ3v) is 8.87. The van der Waals surface area contributed by atoms with Gasteiger partial charge in [0.15, 0.2) is 0 Å². The number of nitrogens with one attached hydrogen (secondary N) is 2. The van der Waals surface area contributed by atoms with Crippen LogP contribution in [-0.2, 0) is 6.42 Å². The molecule has 0 unspecified atom stereocenters. The maximum absolute atomic E-state index is 3.86. The van der Waals surface area contributed by atoms with Gasteiger partial charge in [-0.3, -0.25) is 9.80 Å². The zero-order chi connectivity index (χ0) is 22.2. The van der Waals surface area contributed by atoms with Crippen LogP contribution in [0.25, 0.3) is 10.9 Å². The SMILES string of the molecule is C=CCN1CC(Nc2ccc([C@@H]3c4[nH]c5ccccc5c4C[C@@H](C)N3C34CC(C3)C4)cc2)C1. The lowest BCUT2D eigenvalue weighted by molar-refractivity contribution is -0.174. The van der Waals surface area contributed by atoms with Gasteiger partial charge >= 0.3 is 0 Å². The molecule has 3 aliphatic carbocycles. The minimum absolute atomic E-state index is 0.318. The molecule has 1 aromatic heterocycles. The summed E-state index contributed by atoms with van der Waals surface area (Å²) in [4.78, 5) is 9.18. The summed E-state index contributed by atoms with van der Waals surface area (Å²) in [5.41, 5.74) is 7.34. The molecule has 1 saturated heterocycles. The highest BCUT2D eigenvalue weighted by Crippen LogP contribution is 2.64. The molecule has 2 N–H and O–H groups in total. The van der Waals surface area contributed by atoms with Gasteiger partial charge in [-0.1, -0.05) is 36.4 Å². The number of hydrogen-bond donors (Lipinski definition) is 2. The van der Waals surface area contributed by atoms with Gasteiger partial charge in [0.2, 0.25) is 0 Å². The smallest absolute Gasteiger partial charge is 0.0764 e. The van der Waals surface area contributed by atoms with Crippen molar-refractivity contribution in [3.63, 3.8) is 0 Å². The molecule has 170 valence electrons. The number of fused-ring (bicyclic) bond motifs is 3. The maximum Gasteiger partial charge on any atom is 0.0764 e. The van der Waals surface area contributed by atoms with Gasteiger partial charge in [-0.15, -0.1) is 6.58 Å². The first-order valence-corrected chi connectivity index (χ1v) is 12.7. The number of aromatic nitrogens is 1. The number of benzene rings is 2. The number of para-hydroxylation sites is 1. The van der Waals surface area contributed by atoms with Gasteiger partial charge in [0.25, 0.3) is 0 Å². The average molecular weight is 439 g/mol. The van der Waals surface area contributed by atoms with Gasteiger partial charge < -0.3 is 10.3 Å². The Morgan fingerprint density at radius 1 is 1.09 bits per heavy atom. The van der Waals surface area contributed by atoms with Crippen molar-refractivity contribution in [3.8, 4) is 0 Å². The second-order valence-electron chi connectivity index (χ2n) is 11.1. The Labute approximate surface area is 196 Å². The molecule has 3 heterocycles. The lowest BCUT2D eigenvalue weighted by Crippen LogP contribution is -2.71. The Balaban J connectivity index is 1.22. The van der Waals surface area contributed by atoms with E-state index in [1.807, 2.05) is 6.08 Å². The third-order valence-electron chi connectivity index (χ3n) is 8.87. The fourth-order valence-electron chi connectivity index (χ4n) is 7.27. The number of H-pyrrole nitrogens is 1. The molecule has 2 atom stereocenters. The molecule has 0 radical (unpaired) electrons. The second kappa shape index (κ2) is 7.22. The van der Waals surface area contributed by atoms with E-state index in [1.165, 1.54) is 52.7 Å². The summed E-state index contributed by atoms with van der Waals surface area (Å²) in [6, 6.07) is 19.6. The van der Waals surface area contributed by atoms with E-state index in [0.29, 0.717) is 23.7 Å². The predicted molar refractivity (Wildman–Crippen MR) is 136 cm³/mol. The highest BCUT2D eigenvalue weighted by Gasteiger charge is 2.63. The van der Waals surface area contributed by atoms with Gasteiger partial charge in [-0.2, -0.15) is 0 Å². The van der Waals surface area contributed by atoms with Crippen LogP contribution in [0.15, 0.2) is 61.2 Å². The molecule has 33 heavy (non-hydrogen) atoms. The van der Waals surface area contributed by atoms with Crippen molar-refractivity contribution in [1.82, 2.24) is 14.8 Å². The fourth-order valence-corrected chi connectivity index (χ4v) is 7.27. The van der Waals surface area contributed by atoms with E-state index in [-0.39, 0.29) is 0 Å². The van der Waals surface area contributed by atoms with E-state index in [2.05, 4.69) is 82.1 Å². The normalized spacial score (nSPS) is 31.4. The first-order chi connectivity index (χ1) is 16.1. The number of likely N-dealkylation sites (tertiary alicyclic amines) is 1. The lowest BCUT2D eigenvalue weighted by Gasteiger charge is -2.70. The van der Waals surface area contributed by atoms with E-state index in [4.69, 9.17) is 0 Å². The number of rotatable bonds is 6. The molecule has 0 amide bonds. The highest BCUT2D eigenvalue weighted by molar-refractivity contribution is 5.85. The van der Waals surface area contributed by atoms with Crippen LogP contribution >= 0.6 is 0 Å². The molecule has 3 saturated carbocycles. The summed E-state index contributed by atoms with van der Waals surface area (Å²) in [6.07, 6.45) is 7.32. The van der Waals surface area contributed by atoms with Crippen molar-refractivity contribution >= 4 is 16.6 Å². The Hall–Kier alpha value is -2.56. The molecule has 8 rings (SSSR count). The van der Waals surface area contributed by atoms with Crippen LogP contribution in [0.4, 0.5) is 5.69 Å². The number of aromatic amines is 1. The van der Waals surface area contributed by atoms with E-state index in [9.17, 15) is 0 Å². The fraction of sp³-hybridized carbons (Fsp3) is 0.448. The van der Waals surface area contributed by atoms with E-state index in [0.717, 1.165) is 32.0 Å². The molecule has 2 aliphatic heterocycles. The van der Waals surface area contributed by atoms with Crippen molar-refractivity contribution < 1.29 is 0 Å². The van der Waals surface area contributed by atoms with Crippen molar-refractivity contribution in [2.75, 3.05) is 25.0 Å². The minimum Gasteiger partial charge on any atom is -0.380 e. The minimum atomic E-state index is 0.318. The molecule has 4 fully saturated rings. The highest BCUT2D eigenvalue weighted by atomic mass is 15.3. The summed E-state index contributed by atoms with van der Waals surface area (Å²) >= 11 is 0. The molecule has 3 aromatic rings. The molecular formula is C29H34N4. The van der Waals surface area contributed by atoms with Crippen LogP contribution in [0.2, 0.25) is 0 Å². The quantitative estimate of drug-likeness (QED) is 0.510. The Kier molecular flexibility index (Phi) is 4.35.